The second-order valence-corrected chi connectivity index (χ2v) is 21.0. The molecule has 0 spiro atoms. The van der Waals surface area contributed by atoms with E-state index in [1.807, 2.05) is 13.8 Å². The number of ether oxygens (including phenoxy) is 2. The minimum Gasteiger partial charge on any atom is -0.465 e. The minimum absolute atomic E-state index is 0.0747. The molecule has 0 N–H and O–H groups in total. The molecule has 0 fully saturated rings. The smallest absolute Gasteiger partial charge is 0.306 e. The zero-order chi connectivity index (χ0) is 19.2. The van der Waals surface area contributed by atoms with E-state index in [1.165, 1.54) is 0 Å². The van der Waals surface area contributed by atoms with Crippen LogP contribution < -0.4 is 0 Å². The first-order valence-electron chi connectivity index (χ1n) is 8.97. The Balaban J connectivity index is 4.50. The van der Waals surface area contributed by atoms with Crippen molar-refractivity contribution in [3.8, 4) is 0 Å². The van der Waals surface area contributed by atoms with E-state index in [1.54, 1.807) is 0 Å². The molecule has 24 heavy (non-hydrogen) atoms. The molecule has 1 atom stereocenters. The van der Waals surface area contributed by atoms with E-state index in [-0.39, 0.29) is 29.8 Å². The van der Waals surface area contributed by atoms with Crippen LogP contribution in [0.1, 0.15) is 33.6 Å². The van der Waals surface area contributed by atoms with Crippen LogP contribution in [-0.4, -0.2) is 41.3 Å². The van der Waals surface area contributed by atoms with Crippen LogP contribution in [0, 0.1) is 5.92 Å². The topological polar surface area (TPSA) is 52.6 Å². The lowest BCUT2D eigenvalue weighted by atomic mass is 10.2. The Morgan fingerprint density at radius 3 is 1.75 bits per heavy atom. The van der Waals surface area contributed by atoms with Crippen LogP contribution in [-0.2, 0) is 19.1 Å². The van der Waals surface area contributed by atoms with E-state index in [9.17, 15) is 9.59 Å². The summed E-state index contributed by atoms with van der Waals surface area (Å²) < 4.78 is 10.7. The normalized spacial score (nSPS) is 15.1. The summed E-state index contributed by atoms with van der Waals surface area (Å²) in [5.41, 5.74) is 0. The van der Waals surface area contributed by atoms with Gasteiger partial charge in [0.25, 0.3) is 0 Å². The predicted octanol–water partition coefficient (Wildman–Crippen LogP) is 4.95. The lowest BCUT2D eigenvalue weighted by Crippen LogP contribution is -2.45. The van der Waals surface area contributed by atoms with Gasteiger partial charge in [-0.3, -0.25) is 9.59 Å². The highest BCUT2D eigenvalue weighted by Crippen LogP contribution is 2.45. The zero-order valence-corrected chi connectivity index (χ0v) is 19.2. The first-order valence-corrected chi connectivity index (χ1v) is 16.2. The summed E-state index contributed by atoms with van der Waals surface area (Å²) in [6, 6.07) is 1.15. The SMILES string of the molecule is CC(C)COC(=O)CCC(=O)OCC(C)(C[Si](C)(C)C)[Si](C)(C)C. The number of hydrogen-bond acceptors (Lipinski definition) is 4. The van der Waals surface area contributed by atoms with Gasteiger partial charge in [0, 0.05) is 8.07 Å². The number of hydrogen-bond donors (Lipinski definition) is 0. The lowest BCUT2D eigenvalue weighted by molar-refractivity contribution is -0.151. The van der Waals surface area contributed by atoms with Crippen molar-refractivity contribution < 1.29 is 19.1 Å². The highest BCUT2D eigenvalue weighted by molar-refractivity contribution is 6.83. The molecule has 0 saturated carbocycles. The summed E-state index contributed by atoms with van der Waals surface area (Å²) in [6.07, 6.45) is 0.203. The molecule has 6 heteroatoms. The third kappa shape index (κ3) is 9.62. The number of carbonyl (C=O) groups excluding carboxylic acids is 2. The third-order valence-electron chi connectivity index (χ3n) is 4.39. The molecule has 0 rings (SSSR count). The highest BCUT2D eigenvalue weighted by atomic mass is 28.3. The van der Waals surface area contributed by atoms with Crippen molar-refractivity contribution in [3.63, 3.8) is 0 Å². The van der Waals surface area contributed by atoms with E-state index < -0.39 is 16.1 Å². The Morgan fingerprint density at radius 2 is 1.38 bits per heavy atom. The Kier molecular flexibility index (Phi) is 8.94. The van der Waals surface area contributed by atoms with Gasteiger partial charge in [-0.1, -0.05) is 66.1 Å². The van der Waals surface area contributed by atoms with Crippen molar-refractivity contribution in [3.05, 3.63) is 0 Å². The third-order valence-corrected chi connectivity index (χ3v) is 10.5. The summed E-state index contributed by atoms with van der Waals surface area (Å²) in [4.78, 5) is 23.6. The van der Waals surface area contributed by atoms with E-state index in [0.29, 0.717) is 19.1 Å². The molecular formula is C18H38O4Si2. The summed E-state index contributed by atoms with van der Waals surface area (Å²) in [5, 5.41) is 0.0747. The molecule has 0 aliphatic rings. The van der Waals surface area contributed by atoms with Gasteiger partial charge in [-0.25, -0.2) is 0 Å². The molecule has 0 aromatic heterocycles. The van der Waals surface area contributed by atoms with Crippen LogP contribution in [0.3, 0.4) is 0 Å². The highest BCUT2D eigenvalue weighted by Gasteiger charge is 2.43. The van der Waals surface area contributed by atoms with E-state index in [0.717, 1.165) is 6.04 Å². The molecule has 0 saturated heterocycles. The largest absolute Gasteiger partial charge is 0.465 e. The fourth-order valence-electron chi connectivity index (χ4n) is 2.55. The van der Waals surface area contributed by atoms with E-state index in [2.05, 4.69) is 46.2 Å². The monoisotopic (exact) mass is 374 g/mol. The van der Waals surface area contributed by atoms with Crippen LogP contribution in [0.25, 0.3) is 0 Å². The summed E-state index contributed by atoms with van der Waals surface area (Å²) in [5.74, 6) is -0.313. The summed E-state index contributed by atoms with van der Waals surface area (Å²) >= 11 is 0. The van der Waals surface area contributed by atoms with Gasteiger partial charge in [-0.05, 0) is 11.0 Å². The summed E-state index contributed by atoms with van der Waals surface area (Å²) in [6.45, 7) is 21.2. The molecule has 0 aromatic rings. The van der Waals surface area contributed by atoms with Crippen molar-refractivity contribution in [2.24, 2.45) is 5.92 Å². The number of carbonyl (C=O) groups is 2. The second kappa shape index (κ2) is 9.18. The van der Waals surface area contributed by atoms with Crippen molar-refractivity contribution in [2.75, 3.05) is 13.2 Å². The quantitative estimate of drug-likeness (QED) is 0.401. The van der Waals surface area contributed by atoms with Crippen LogP contribution in [0.4, 0.5) is 0 Å². The molecule has 0 amide bonds. The van der Waals surface area contributed by atoms with Crippen LogP contribution in [0.15, 0.2) is 0 Å². The van der Waals surface area contributed by atoms with E-state index in [4.69, 9.17) is 9.47 Å². The predicted molar refractivity (Wildman–Crippen MR) is 106 cm³/mol. The van der Waals surface area contributed by atoms with Gasteiger partial charge in [0.1, 0.15) is 0 Å². The maximum absolute atomic E-state index is 12.0. The zero-order valence-electron chi connectivity index (χ0n) is 17.2. The van der Waals surface area contributed by atoms with Gasteiger partial charge in [0.15, 0.2) is 0 Å². The van der Waals surface area contributed by atoms with Crippen LogP contribution >= 0.6 is 0 Å². The molecule has 0 bridgehead atoms. The molecule has 142 valence electrons. The Bertz CT molecular complexity index is 422. The molecule has 0 heterocycles. The van der Waals surface area contributed by atoms with Crippen molar-refractivity contribution in [1.29, 1.82) is 0 Å². The van der Waals surface area contributed by atoms with E-state index >= 15 is 0 Å². The molecular weight excluding hydrogens is 336 g/mol. The molecule has 0 radical (unpaired) electrons. The van der Waals surface area contributed by atoms with Crippen molar-refractivity contribution >= 4 is 28.1 Å². The van der Waals surface area contributed by atoms with Crippen molar-refractivity contribution in [2.45, 2.75) is 84.0 Å². The first kappa shape index (κ1) is 23.4. The number of esters is 2. The maximum atomic E-state index is 12.0. The van der Waals surface area contributed by atoms with Gasteiger partial charge in [-0.2, -0.15) is 0 Å². The maximum Gasteiger partial charge on any atom is 0.306 e. The molecule has 1 unspecified atom stereocenters. The fourth-order valence-corrected chi connectivity index (χ4v) is 9.21. The van der Waals surface area contributed by atoms with Gasteiger partial charge in [0.05, 0.1) is 34.1 Å². The van der Waals surface area contributed by atoms with Crippen molar-refractivity contribution in [1.82, 2.24) is 0 Å². The minimum atomic E-state index is -1.49. The standard InChI is InChI=1S/C18H38O4Si2/c1-15(2)12-21-16(19)10-11-17(20)22-13-18(3,24(7,8)9)14-23(4,5)6/h15H,10-14H2,1-9H3. The molecule has 0 aliphatic carbocycles. The van der Waals surface area contributed by atoms with Gasteiger partial charge >= 0.3 is 11.9 Å². The number of rotatable bonds is 10. The molecule has 0 aliphatic heterocycles. The summed E-state index contributed by atoms with van der Waals surface area (Å²) in [7, 11) is -2.75. The first-order chi connectivity index (χ1) is 10.7. The Morgan fingerprint density at radius 1 is 0.917 bits per heavy atom. The van der Waals surface area contributed by atoms with Gasteiger partial charge < -0.3 is 9.47 Å². The molecule has 0 aromatic carbocycles. The average Bonchev–Trinajstić information content (AvgIpc) is 2.37. The fraction of sp³-hybridized carbons (Fsp3) is 0.889. The average molecular weight is 375 g/mol. The second-order valence-electron chi connectivity index (χ2n) is 9.79. The van der Waals surface area contributed by atoms with Crippen LogP contribution in [0.5, 0.6) is 0 Å². The van der Waals surface area contributed by atoms with Gasteiger partial charge in [-0.15, -0.1) is 0 Å². The van der Waals surface area contributed by atoms with Crippen LogP contribution in [0.2, 0.25) is 50.4 Å². The Labute approximate surface area is 150 Å². The van der Waals surface area contributed by atoms with Gasteiger partial charge in [0.2, 0.25) is 0 Å². The Hall–Kier alpha value is -0.626. The lowest BCUT2D eigenvalue weighted by Gasteiger charge is -2.43. The molecule has 4 nitrogen and oxygen atoms in total.